The van der Waals surface area contributed by atoms with Gasteiger partial charge < -0.3 is 25.3 Å². The van der Waals surface area contributed by atoms with Gasteiger partial charge in [-0.2, -0.15) is 0 Å². The Morgan fingerprint density at radius 1 is 1.03 bits per heavy atom. The van der Waals surface area contributed by atoms with E-state index in [1.54, 1.807) is 31.4 Å². The fourth-order valence-corrected chi connectivity index (χ4v) is 4.64. The number of carbonyl (C=O) groups is 2. The lowest BCUT2D eigenvalue weighted by atomic mass is 9.84. The number of nitrogens with two attached hydrogens (primary N) is 1. The predicted molar refractivity (Wildman–Crippen MR) is 143 cm³/mol. The zero-order valence-electron chi connectivity index (χ0n) is 22.2. The molecule has 38 heavy (non-hydrogen) atoms. The van der Waals surface area contributed by atoms with Gasteiger partial charge in [-0.1, -0.05) is 44.2 Å². The smallest absolute Gasteiger partial charge is 0.245 e. The quantitative estimate of drug-likeness (QED) is 0.303. The van der Waals surface area contributed by atoms with E-state index < -0.39 is 11.9 Å². The number of hydrogen-bond donors (Lipinski definition) is 3. The highest BCUT2D eigenvalue weighted by molar-refractivity contribution is 5.98. The summed E-state index contributed by atoms with van der Waals surface area (Å²) in [5.74, 6) is 0.290. The van der Waals surface area contributed by atoms with Crippen LogP contribution in [-0.4, -0.2) is 45.1 Å². The van der Waals surface area contributed by atoms with E-state index in [1.807, 2.05) is 0 Å². The van der Waals surface area contributed by atoms with Crippen molar-refractivity contribution in [1.29, 1.82) is 0 Å². The molecule has 0 bridgehead atoms. The topological polar surface area (TPSA) is 124 Å². The van der Waals surface area contributed by atoms with Gasteiger partial charge in [-0.3, -0.25) is 14.9 Å². The highest BCUT2D eigenvalue weighted by atomic mass is 19.1. The van der Waals surface area contributed by atoms with Crippen LogP contribution < -0.4 is 30.6 Å². The second kappa shape index (κ2) is 14.2. The Balaban J connectivity index is 1.68. The second-order valence-electron chi connectivity index (χ2n) is 9.36. The number of aliphatic imine (C=N–C) groups is 1. The molecule has 3 rings (SSSR count). The third kappa shape index (κ3) is 8.36. The monoisotopic (exact) mass is 528 g/mol. The molecule has 1 atom stereocenters. The summed E-state index contributed by atoms with van der Waals surface area (Å²) in [5, 5.41) is 5.45. The van der Waals surface area contributed by atoms with Crippen molar-refractivity contribution >= 4 is 17.8 Å². The summed E-state index contributed by atoms with van der Waals surface area (Å²) < 4.78 is 29.3. The maximum atomic E-state index is 13.7. The molecule has 1 aliphatic rings. The molecule has 1 fully saturated rings. The molecule has 2 amide bonds. The van der Waals surface area contributed by atoms with Crippen molar-refractivity contribution in [2.24, 2.45) is 16.6 Å². The summed E-state index contributed by atoms with van der Waals surface area (Å²) in [4.78, 5) is 30.2. The van der Waals surface area contributed by atoms with E-state index in [0.717, 1.165) is 25.7 Å². The number of nitrogens with zero attached hydrogens (tertiary/aromatic N) is 1. The second-order valence-corrected chi connectivity index (χ2v) is 9.36. The van der Waals surface area contributed by atoms with Gasteiger partial charge in [-0.25, -0.2) is 9.38 Å². The fraction of sp³-hybridized carbons (Fsp3) is 0.464. The van der Waals surface area contributed by atoms with Gasteiger partial charge in [0.25, 0.3) is 0 Å². The van der Waals surface area contributed by atoms with Gasteiger partial charge in [0.05, 0.1) is 27.8 Å². The van der Waals surface area contributed by atoms with Crippen LogP contribution in [0.25, 0.3) is 0 Å². The van der Waals surface area contributed by atoms with Gasteiger partial charge in [0.15, 0.2) is 17.5 Å². The number of hydrogen-bond acceptors (Lipinski definition) is 6. The Hall–Kier alpha value is -3.82. The Bertz CT molecular complexity index is 1130. The fourth-order valence-electron chi connectivity index (χ4n) is 4.64. The standard InChI is InChI=1S/C28H37FN4O5/c1-36-21-11-10-20(24(16-21)37-2)15-26(34)33-28(30)32-23(13-18-7-5-4-6-8-18)27(35)31-17-19-9-12-22(29)25(14-19)38-3/h9-12,14,16,18,23H,4-8,13,15,17H2,1-3H3,(H,31,35)(H3,30,32,33,34). The van der Waals surface area contributed by atoms with Crippen LogP contribution in [0.2, 0.25) is 0 Å². The molecule has 1 saturated carbocycles. The number of benzene rings is 2. The number of carbonyl (C=O) groups excluding carboxylic acids is 2. The number of halogens is 1. The Morgan fingerprint density at radius 3 is 2.45 bits per heavy atom. The highest BCUT2D eigenvalue weighted by Gasteiger charge is 2.25. The zero-order chi connectivity index (χ0) is 27.5. The van der Waals surface area contributed by atoms with Gasteiger partial charge in [0, 0.05) is 18.2 Å². The first-order valence-electron chi connectivity index (χ1n) is 12.8. The van der Waals surface area contributed by atoms with E-state index in [2.05, 4.69) is 15.6 Å². The summed E-state index contributed by atoms with van der Waals surface area (Å²) in [6.07, 6.45) is 6.02. The first-order chi connectivity index (χ1) is 18.3. The Kier molecular flexibility index (Phi) is 10.7. The van der Waals surface area contributed by atoms with E-state index >= 15 is 0 Å². The number of amides is 2. The van der Waals surface area contributed by atoms with Gasteiger partial charge in [-0.15, -0.1) is 0 Å². The molecule has 9 nitrogen and oxygen atoms in total. The molecule has 0 aromatic heterocycles. The van der Waals surface area contributed by atoms with Crippen LogP contribution in [0, 0.1) is 11.7 Å². The minimum absolute atomic E-state index is 0.00920. The predicted octanol–water partition coefficient (Wildman–Crippen LogP) is 3.48. The average Bonchev–Trinajstić information content (AvgIpc) is 2.92. The van der Waals surface area contributed by atoms with Crippen molar-refractivity contribution < 1.29 is 28.2 Å². The highest BCUT2D eigenvalue weighted by Crippen LogP contribution is 2.28. The average molecular weight is 529 g/mol. The normalized spacial score (nSPS) is 14.9. The molecule has 1 aliphatic carbocycles. The number of nitrogens with one attached hydrogen (secondary N) is 2. The molecule has 206 valence electrons. The van der Waals surface area contributed by atoms with Crippen molar-refractivity contribution in [3.8, 4) is 17.2 Å². The first-order valence-corrected chi connectivity index (χ1v) is 12.8. The number of ether oxygens (including phenoxy) is 3. The lowest BCUT2D eigenvalue weighted by molar-refractivity contribution is -0.123. The molecule has 2 aromatic rings. The minimum Gasteiger partial charge on any atom is -0.497 e. The molecule has 0 spiro atoms. The molecule has 0 heterocycles. The summed E-state index contributed by atoms with van der Waals surface area (Å²) >= 11 is 0. The minimum atomic E-state index is -0.767. The maximum Gasteiger partial charge on any atom is 0.245 e. The third-order valence-electron chi connectivity index (χ3n) is 6.67. The summed E-state index contributed by atoms with van der Waals surface area (Å²) in [6, 6.07) is 8.83. The zero-order valence-corrected chi connectivity index (χ0v) is 22.2. The lowest BCUT2D eigenvalue weighted by Gasteiger charge is -2.24. The van der Waals surface area contributed by atoms with Crippen molar-refractivity contribution in [3.05, 3.63) is 53.3 Å². The van der Waals surface area contributed by atoms with Gasteiger partial charge in [0.1, 0.15) is 17.5 Å². The number of guanidine groups is 1. The largest absolute Gasteiger partial charge is 0.497 e. The van der Waals surface area contributed by atoms with Crippen LogP contribution in [0.15, 0.2) is 41.4 Å². The van der Waals surface area contributed by atoms with Crippen LogP contribution in [0.5, 0.6) is 17.2 Å². The Morgan fingerprint density at radius 2 is 1.76 bits per heavy atom. The molecule has 1 unspecified atom stereocenters. The summed E-state index contributed by atoms with van der Waals surface area (Å²) in [7, 11) is 4.45. The maximum absolute atomic E-state index is 13.7. The van der Waals surface area contributed by atoms with Gasteiger partial charge >= 0.3 is 0 Å². The molecule has 0 aliphatic heterocycles. The van der Waals surface area contributed by atoms with Crippen molar-refractivity contribution in [1.82, 2.24) is 10.6 Å². The lowest BCUT2D eigenvalue weighted by Crippen LogP contribution is -2.42. The van der Waals surface area contributed by atoms with E-state index in [9.17, 15) is 14.0 Å². The van der Waals surface area contributed by atoms with E-state index in [0.29, 0.717) is 35.0 Å². The van der Waals surface area contributed by atoms with Crippen molar-refractivity contribution in [2.75, 3.05) is 21.3 Å². The molecule has 4 N–H and O–H groups in total. The molecule has 2 aromatic carbocycles. The van der Waals surface area contributed by atoms with Crippen molar-refractivity contribution in [3.63, 3.8) is 0 Å². The third-order valence-corrected chi connectivity index (χ3v) is 6.67. The van der Waals surface area contributed by atoms with E-state index in [-0.39, 0.29) is 36.5 Å². The van der Waals surface area contributed by atoms with E-state index in [1.165, 1.54) is 32.8 Å². The Labute approximate surface area is 222 Å². The molecule has 10 heteroatoms. The number of methoxy groups -OCH3 is 3. The van der Waals surface area contributed by atoms with Crippen molar-refractivity contribution in [2.45, 2.75) is 57.5 Å². The van der Waals surface area contributed by atoms with Crippen LogP contribution in [0.4, 0.5) is 4.39 Å². The summed E-state index contributed by atoms with van der Waals surface area (Å²) in [6.45, 7) is 0.176. The number of rotatable bonds is 11. The summed E-state index contributed by atoms with van der Waals surface area (Å²) in [5.41, 5.74) is 7.42. The van der Waals surface area contributed by atoms with Crippen LogP contribution >= 0.6 is 0 Å². The molecule has 0 saturated heterocycles. The molecular formula is C28H37FN4O5. The first kappa shape index (κ1) is 28.7. The van der Waals surface area contributed by atoms with Crippen LogP contribution in [0.3, 0.4) is 0 Å². The van der Waals surface area contributed by atoms with Gasteiger partial charge in [-0.05, 0) is 36.1 Å². The van der Waals surface area contributed by atoms with E-state index in [4.69, 9.17) is 19.9 Å². The SMILES string of the molecule is COc1ccc(CC(=O)NC(N)=NC(CC2CCCCC2)C(=O)NCc2ccc(F)c(OC)c2)c(OC)c1. The molecular weight excluding hydrogens is 491 g/mol. The van der Waals surface area contributed by atoms with Crippen LogP contribution in [0.1, 0.15) is 49.7 Å². The van der Waals surface area contributed by atoms with Gasteiger partial charge in [0.2, 0.25) is 11.8 Å². The molecule has 0 radical (unpaired) electrons. The van der Waals surface area contributed by atoms with Crippen LogP contribution in [-0.2, 0) is 22.6 Å².